The van der Waals surface area contributed by atoms with E-state index in [1.165, 1.54) is 24.2 Å². The minimum Gasteiger partial charge on any atom is -0.258 e. The van der Waals surface area contributed by atoms with Gasteiger partial charge in [-0.1, -0.05) is 52.8 Å². The maximum Gasteiger partial charge on any atom is 0.269 e. The summed E-state index contributed by atoms with van der Waals surface area (Å²) in [6, 6.07) is 14.0. The monoisotopic (exact) mass is 412 g/mol. The van der Waals surface area contributed by atoms with E-state index in [9.17, 15) is 10.1 Å². The number of nitrogens with zero attached hydrogens (tertiary/aromatic N) is 6. The Balaban J connectivity index is 1.55. The number of benzene rings is 2. The van der Waals surface area contributed by atoms with Crippen LogP contribution in [0.15, 0.2) is 59.9 Å². The normalized spacial score (nSPS) is 11.0. The van der Waals surface area contributed by atoms with E-state index in [1.54, 1.807) is 16.8 Å². The standard InChI is InChI=1S/C18H13ClN6O2S/c19-14-6-4-12(5-7-14)9-24-17-16(22-23-24)18(21-11-20-17)28-10-13-2-1-3-15(8-13)25(26)27/h1-8,11H,9-10H2. The third-order valence-electron chi connectivity index (χ3n) is 4.01. The first-order valence-electron chi connectivity index (χ1n) is 8.25. The van der Waals surface area contributed by atoms with Gasteiger partial charge in [0.25, 0.3) is 5.69 Å². The lowest BCUT2D eigenvalue weighted by molar-refractivity contribution is -0.384. The fraction of sp³-hybridized carbons (Fsp3) is 0.111. The molecule has 0 radical (unpaired) electrons. The zero-order valence-electron chi connectivity index (χ0n) is 14.4. The van der Waals surface area contributed by atoms with Crippen LogP contribution in [-0.4, -0.2) is 29.9 Å². The summed E-state index contributed by atoms with van der Waals surface area (Å²) in [5, 5.41) is 20.7. The summed E-state index contributed by atoms with van der Waals surface area (Å²) in [5.74, 6) is 0.526. The van der Waals surface area contributed by atoms with E-state index < -0.39 is 4.92 Å². The molecule has 0 aliphatic heterocycles. The number of thioether (sulfide) groups is 1. The van der Waals surface area contributed by atoms with Gasteiger partial charge in [-0.15, -0.1) is 5.10 Å². The summed E-state index contributed by atoms with van der Waals surface area (Å²) in [6.07, 6.45) is 1.47. The van der Waals surface area contributed by atoms with Crippen LogP contribution in [0.1, 0.15) is 11.1 Å². The van der Waals surface area contributed by atoms with E-state index in [2.05, 4.69) is 20.3 Å². The predicted molar refractivity (Wildman–Crippen MR) is 106 cm³/mol. The lowest BCUT2D eigenvalue weighted by Crippen LogP contribution is -2.03. The number of hydrogen-bond acceptors (Lipinski definition) is 7. The number of non-ortho nitro benzene ring substituents is 1. The van der Waals surface area contributed by atoms with Crippen molar-refractivity contribution in [1.82, 2.24) is 25.0 Å². The second-order valence-corrected chi connectivity index (χ2v) is 7.34. The zero-order chi connectivity index (χ0) is 19.5. The van der Waals surface area contributed by atoms with Gasteiger partial charge in [-0.05, 0) is 23.3 Å². The highest BCUT2D eigenvalue weighted by molar-refractivity contribution is 7.98. The highest BCUT2D eigenvalue weighted by Crippen LogP contribution is 2.27. The molecule has 8 nitrogen and oxygen atoms in total. The van der Waals surface area contributed by atoms with Crippen LogP contribution in [0.2, 0.25) is 5.02 Å². The SMILES string of the molecule is O=[N+]([O-])c1cccc(CSc2ncnc3c2nnn3Cc2ccc(Cl)cc2)c1. The largest absolute Gasteiger partial charge is 0.269 e. The van der Waals surface area contributed by atoms with Crippen LogP contribution in [0.5, 0.6) is 0 Å². The van der Waals surface area contributed by atoms with E-state index in [0.29, 0.717) is 33.5 Å². The molecule has 0 N–H and O–H groups in total. The van der Waals surface area contributed by atoms with Crippen LogP contribution >= 0.6 is 23.4 Å². The van der Waals surface area contributed by atoms with E-state index >= 15 is 0 Å². The number of nitro groups is 1. The Labute approximate surface area is 168 Å². The third kappa shape index (κ3) is 3.95. The molecule has 2 aromatic heterocycles. The molecule has 0 atom stereocenters. The maximum atomic E-state index is 10.9. The molecule has 0 saturated heterocycles. The number of fused-ring (bicyclic) bond motifs is 1. The van der Waals surface area contributed by atoms with Gasteiger partial charge in [0, 0.05) is 22.9 Å². The molecule has 0 aliphatic carbocycles. The van der Waals surface area contributed by atoms with E-state index in [0.717, 1.165) is 11.1 Å². The first-order valence-corrected chi connectivity index (χ1v) is 9.61. The van der Waals surface area contributed by atoms with Gasteiger partial charge in [-0.2, -0.15) is 0 Å². The molecule has 0 unspecified atom stereocenters. The van der Waals surface area contributed by atoms with Crippen LogP contribution < -0.4 is 0 Å². The zero-order valence-corrected chi connectivity index (χ0v) is 16.0. The fourth-order valence-corrected chi connectivity index (χ4v) is 3.66. The molecular formula is C18H13ClN6O2S. The minimum absolute atomic E-state index is 0.0693. The highest BCUT2D eigenvalue weighted by atomic mass is 35.5. The first kappa shape index (κ1) is 18.3. The molecule has 0 aliphatic rings. The van der Waals surface area contributed by atoms with Crippen LogP contribution in [0.3, 0.4) is 0 Å². The van der Waals surface area contributed by atoms with Gasteiger partial charge in [0.05, 0.1) is 11.5 Å². The molecule has 0 spiro atoms. The summed E-state index contributed by atoms with van der Waals surface area (Å²) >= 11 is 7.36. The smallest absolute Gasteiger partial charge is 0.258 e. The molecule has 28 heavy (non-hydrogen) atoms. The number of rotatable bonds is 6. The Bertz CT molecular complexity index is 1150. The topological polar surface area (TPSA) is 99.6 Å². The van der Waals surface area contributed by atoms with Gasteiger partial charge in [-0.25, -0.2) is 14.6 Å². The number of hydrogen-bond donors (Lipinski definition) is 0. The lowest BCUT2D eigenvalue weighted by Gasteiger charge is -2.04. The van der Waals surface area contributed by atoms with Gasteiger partial charge < -0.3 is 0 Å². The minimum atomic E-state index is -0.403. The molecule has 0 amide bonds. The van der Waals surface area contributed by atoms with Crippen LogP contribution in [0.4, 0.5) is 5.69 Å². The number of aromatic nitrogens is 5. The Morgan fingerprint density at radius 3 is 2.71 bits per heavy atom. The van der Waals surface area contributed by atoms with Crippen molar-refractivity contribution in [2.45, 2.75) is 17.3 Å². The van der Waals surface area contributed by atoms with E-state index in [-0.39, 0.29) is 5.69 Å². The third-order valence-corrected chi connectivity index (χ3v) is 5.31. The fourth-order valence-electron chi connectivity index (χ4n) is 2.66. The average molecular weight is 413 g/mol. The molecule has 4 aromatic rings. The molecular weight excluding hydrogens is 400 g/mol. The maximum absolute atomic E-state index is 10.9. The summed E-state index contributed by atoms with van der Waals surface area (Å²) in [6.45, 7) is 0.514. The second kappa shape index (κ2) is 7.91. The summed E-state index contributed by atoms with van der Waals surface area (Å²) in [4.78, 5) is 19.1. The summed E-state index contributed by atoms with van der Waals surface area (Å²) in [5.41, 5.74) is 3.17. The predicted octanol–water partition coefficient (Wildman–Crippen LogP) is 4.12. The Kier molecular flexibility index (Phi) is 5.18. The van der Waals surface area contributed by atoms with Gasteiger partial charge in [0.15, 0.2) is 11.2 Å². The van der Waals surface area contributed by atoms with Crippen molar-refractivity contribution in [1.29, 1.82) is 0 Å². The summed E-state index contributed by atoms with van der Waals surface area (Å²) < 4.78 is 1.71. The molecule has 4 rings (SSSR count). The molecule has 10 heteroatoms. The Morgan fingerprint density at radius 2 is 1.93 bits per heavy atom. The molecule has 0 saturated carbocycles. The average Bonchev–Trinajstić information content (AvgIpc) is 3.12. The van der Waals surface area contributed by atoms with Gasteiger partial charge in [-0.3, -0.25) is 10.1 Å². The number of nitro benzene ring substituents is 1. The molecule has 0 fully saturated rings. The lowest BCUT2D eigenvalue weighted by atomic mass is 10.2. The van der Waals surface area contributed by atoms with Crippen molar-refractivity contribution in [3.63, 3.8) is 0 Å². The van der Waals surface area contributed by atoms with Gasteiger partial charge in [0.2, 0.25) is 0 Å². The highest BCUT2D eigenvalue weighted by Gasteiger charge is 2.13. The Morgan fingerprint density at radius 1 is 1.11 bits per heavy atom. The number of halogens is 1. The van der Waals surface area contributed by atoms with Crippen molar-refractivity contribution in [3.05, 3.63) is 81.1 Å². The van der Waals surface area contributed by atoms with Crippen LogP contribution in [-0.2, 0) is 12.3 Å². The Hall–Kier alpha value is -3.04. The van der Waals surface area contributed by atoms with E-state index in [1.807, 2.05) is 30.3 Å². The molecule has 2 heterocycles. The van der Waals surface area contributed by atoms with Crippen LogP contribution in [0, 0.1) is 10.1 Å². The van der Waals surface area contributed by atoms with E-state index in [4.69, 9.17) is 11.6 Å². The van der Waals surface area contributed by atoms with Crippen molar-refractivity contribution in [3.8, 4) is 0 Å². The van der Waals surface area contributed by atoms with Gasteiger partial charge in [0.1, 0.15) is 11.4 Å². The molecule has 2 aromatic carbocycles. The summed E-state index contributed by atoms with van der Waals surface area (Å²) in [7, 11) is 0. The van der Waals surface area contributed by atoms with Crippen molar-refractivity contribution >= 4 is 40.2 Å². The second-order valence-electron chi connectivity index (χ2n) is 5.94. The van der Waals surface area contributed by atoms with Crippen molar-refractivity contribution < 1.29 is 4.92 Å². The van der Waals surface area contributed by atoms with Crippen molar-refractivity contribution in [2.24, 2.45) is 0 Å². The molecule has 0 bridgehead atoms. The quantitative estimate of drug-likeness (QED) is 0.203. The van der Waals surface area contributed by atoms with Gasteiger partial charge >= 0.3 is 0 Å². The van der Waals surface area contributed by atoms with Crippen LogP contribution in [0.25, 0.3) is 11.2 Å². The molecule has 140 valence electrons. The first-order chi connectivity index (χ1) is 13.6. The van der Waals surface area contributed by atoms with Crippen molar-refractivity contribution in [2.75, 3.05) is 0 Å².